The van der Waals surface area contributed by atoms with Crippen LogP contribution >= 0.6 is 0 Å². The lowest BCUT2D eigenvalue weighted by molar-refractivity contribution is -0.125. The first-order chi connectivity index (χ1) is 12.2. The molecule has 0 radical (unpaired) electrons. The maximum atomic E-state index is 12.1. The summed E-state index contributed by atoms with van der Waals surface area (Å²) in [7, 11) is 0. The predicted octanol–water partition coefficient (Wildman–Crippen LogP) is 3.59. The highest BCUT2D eigenvalue weighted by atomic mass is 16.5. The molecule has 25 heavy (non-hydrogen) atoms. The van der Waals surface area contributed by atoms with Gasteiger partial charge in [-0.2, -0.15) is 0 Å². The van der Waals surface area contributed by atoms with E-state index in [1.165, 1.54) is 17.7 Å². The first-order valence-electron chi connectivity index (χ1n) is 8.19. The van der Waals surface area contributed by atoms with Gasteiger partial charge in [0.15, 0.2) is 12.3 Å². The minimum Gasteiger partial charge on any atom is -0.452 e. The lowest BCUT2D eigenvalue weighted by Crippen LogP contribution is -2.34. The van der Waals surface area contributed by atoms with Gasteiger partial charge in [0.2, 0.25) is 0 Å². The first-order valence-corrected chi connectivity index (χ1v) is 8.19. The fraction of sp³-hybridized carbons (Fsp3) is 0.250. The molecule has 1 amide bonds. The van der Waals surface area contributed by atoms with E-state index in [1.54, 1.807) is 12.1 Å². The van der Waals surface area contributed by atoms with Gasteiger partial charge in [0.1, 0.15) is 0 Å². The highest BCUT2D eigenvalue weighted by molar-refractivity contribution is 5.91. The Morgan fingerprint density at radius 3 is 2.68 bits per heavy atom. The minimum absolute atomic E-state index is 0.0332. The Balaban J connectivity index is 1.55. The number of esters is 1. The van der Waals surface area contributed by atoms with Crippen molar-refractivity contribution < 1.29 is 14.3 Å². The van der Waals surface area contributed by atoms with Crippen molar-refractivity contribution in [2.45, 2.75) is 25.3 Å². The molecule has 0 aromatic heterocycles. The molecule has 0 saturated heterocycles. The van der Waals surface area contributed by atoms with Gasteiger partial charge >= 0.3 is 5.97 Å². The summed E-state index contributed by atoms with van der Waals surface area (Å²) < 4.78 is 5.06. The summed E-state index contributed by atoms with van der Waals surface area (Å²) in [6, 6.07) is 14.2. The number of hydrogen-bond donors (Lipinski definition) is 1. The third-order valence-corrected chi connectivity index (χ3v) is 4.27. The van der Waals surface area contributed by atoms with E-state index in [-0.39, 0.29) is 18.6 Å². The van der Waals surface area contributed by atoms with E-state index in [1.807, 2.05) is 18.2 Å². The summed E-state index contributed by atoms with van der Waals surface area (Å²) in [5.41, 5.74) is 3.17. The van der Waals surface area contributed by atoms with E-state index >= 15 is 0 Å². The molecule has 0 spiro atoms. The predicted molar refractivity (Wildman–Crippen MR) is 93.3 cm³/mol. The Kier molecular flexibility index (Phi) is 5.10. The molecule has 5 heteroatoms. The van der Waals surface area contributed by atoms with Crippen LogP contribution in [-0.2, 0) is 16.0 Å². The van der Waals surface area contributed by atoms with Crippen LogP contribution in [0.15, 0.2) is 48.5 Å². The molecule has 2 aromatic carbocycles. The number of carbonyl (C=O) groups is 2. The summed E-state index contributed by atoms with van der Waals surface area (Å²) in [6.07, 6.45) is 2.93. The van der Waals surface area contributed by atoms with Gasteiger partial charge in [-0.05, 0) is 30.4 Å². The lowest BCUT2D eigenvalue weighted by atomic mass is 9.88. The number of benzene rings is 2. The molecule has 0 fully saturated rings. The van der Waals surface area contributed by atoms with Crippen LogP contribution < -0.4 is 5.32 Å². The van der Waals surface area contributed by atoms with Gasteiger partial charge in [0, 0.05) is 0 Å². The Morgan fingerprint density at radius 1 is 1.16 bits per heavy atom. The van der Waals surface area contributed by atoms with Gasteiger partial charge in [-0.25, -0.2) is 9.64 Å². The third-order valence-electron chi connectivity index (χ3n) is 4.27. The van der Waals surface area contributed by atoms with Gasteiger partial charge in [-0.3, -0.25) is 4.79 Å². The standard InChI is InChI=1S/C20H18N2O3/c1-21-16-11-9-15(10-12-16)20(24)25-13-19(23)22-18-8-4-6-14-5-2-3-7-17(14)18/h2-3,5,7,9-12,18H,4,6,8,13H2,(H,22,23). The number of amides is 1. The van der Waals surface area contributed by atoms with Gasteiger partial charge in [-0.1, -0.05) is 48.5 Å². The highest BCUT2D eigenvalue weighted by Crippen LogP contribution is 2.29. The van der Waals surface area contributed by atoms with Crippen LogP contribution in [0.4, 0.5) is 5.69 Å². The molecule has 1 atom stereocenters. The summed E-state index contributed by atoms with van der Waals surface area (Å²) in [6.45, 7) is 6.57. The number of nitrogens with one attached hydrogen (secondary N) is 1. The second-order valence-corrected chi connectivity index (χ2v) is 5.95. The molecule has 2 aromatic rings. The highest BCUT2D eigenvalue weighted by Gasteiger charge is 2.21. The maximum Gasteiger partial charge on any atom is 0.338 e. The van der Waals surface area contributed by atoms with Crippen LogP contribution in [0.1, 0.15) is 40.4 Å². The van der Waals surface area contributed by atoms with Gasteiger partial charge in [0.25, 0.3) is 5.91 Å². The molecular formula is C20H18N2O3. The zero-order valence-corrected chi connectivity index (χ0v) is 13.7. The van der Waals surface area contributed by atoms with Crippen molar-refractivity contribution >= 4 is 17.6 Å². The van der Waals surface area contributed by atoms with Gasteiger partial charge < -0.3 is 10.1 Å². The fourth-order valence-electron chi connectivity index (χ4n) is 3.03. The molecule has 0 aliphatic heterocycles. The first kappa shape index (κ1) is 16.7. The average Bonchev–Trinajstić information content (AvgIpc) is 2.66. The maximum absolute atomic E-state index is 12.1. The molecule has 1 aliphatic carbocycles. The summed E-state index contributed by atoms with van der Waals surface area (Å²) in [5.74, 6) is -0.886. The second-order valence-electron chi connectivity index (χ2n) is 5.95. The van der Waals surface area contributed by atoms with Crippen molar-refractivity contribution in [3.05, 3.63) is 76.6 Å². The van der Waals surface area contributed by atoms with Gasteiger partial charge in [-0.15, -0.1) is 0 Å². The quantitative estimate of drug-likeness (QED) is 0.687. The molecule has 0 heterocycles. The van der Waals surface area contributed by atoms with E-state index < -0.39 is 5.97 Å². The van der Waals surface area contributed by atoms with Crippen molar-refractivity contribution in [2.24, 2.45) is 0 Å². The van der Waals surface area contributed by atoms with Crippen LogP contribution in [-0.4, -0.2) is 18.5 Å². The molecule has 126 valence electrons. The minimum atomic E-state index is -0.573. The van der Waals surface area contributed by atoms with Crippen LogP contribution in [0.25, 0.3) is 4.85 Å². The molecular weight excluding hydrogens is 316 g/mol. The normalized spacial score (nSPS) is 15.6. The molecule has 5 nitrogen and oxygen atoms in total. The van der Waals surface area contributed by atoms with Crippen molar-refractivity contribution in [1.82, 2.24) is 5.32 Å². The van der Waals surface area contributed by atoms with Crippen LogP contribution in [0, 0.1) is 6.57 Å². The van der Waals surface area contributed by atoms with Crippen LogP contribution in [0.3, 0.4) is 0 Å². The number of carbonyl (C=O) groups excluding carboxylic acids is 2. The second kappa shape index (κ2) is 7.63. The molecule has 1 aliphatic rings. The van der Waals surface area contributed by atoms with Gasteiger partial charge in [0.05, 0.1) is 18.2 Å². The van der Waals surface area contributed by atoms with Crippen molar-refractivity contribution in [1.29, 1.82) is 0 Å². The monoisotopic (exact) mass is 334 g/mol. The third kappa shape index (κ3) is 4.04. The topological polar surface area (TPSA) is 59.8 Å². The van der Waals surface area contributed by atoms with Crippen molar-refractivity contribution in [2.75, 3.05) is 6.61 Å². The molecule has 3 rings (SSSR count). The number of fused-ring (bicyclic) bond motifs is 1. The summed E-state index contributed by atoms with van der Waals surface area (Å²) >= 11 is 0. The Hall–Kier alpha value is -3.13. The Morgan fingerprint density at radius 2 is 1.92 bits per heavy atom. The zero-order valence-electron chi connectivity index (χ0n) is 13.7. The smallest absolute Gasteiger partial charge is 0.338 e. The van der Waals surface area contributed by atoms with E-state index in [0.29, 0.717) is 11.3 Å². The number of hydrogen-bond acceptors (Lipinski definition) is 3. The summed E-state index contributed by atoms with van der Waals surface area (Å²) in [5, 5.41) is 2.94. The number of nitrogens with zero attached hydrogens (tertiary/aromatic N) is 1. The fourth-order valence-corrected chi connectivity index (χ4v) is 3.03. The van der Waals surface area contributed by atoms with E-state index in [4.69, 9.17) is 11.3 Å². The average molecular weight is 334 g/mol. The Bertz CT molecular complexity index is 822. The number of aryl methyl sites for hydroxylation is 1. The summed E-state index contributed by atoms with van der Waals surface area (Å²) in [4.78, 5) is 27.4. The van der Waals surface area contributed by atoms with E-state index in [9.17, 15) is 9.59 Å². The molecule has 1 N–H and O–H groups in total. The zero-order chi connectivity index (χ0) is 17.6. The largest absolute Gasteiger partial charge is 0.452 e. The molecule has 0 bridgehead atoms. The van der Waals surface area contributed by atoms with E-state index in [2.05, 4.69) is 16.2 Å². The van der Waals surface area contributed by atoms with Crippen molar-refractivity contribution in [3.8, 4) is 0 Å². The van der Waals surface area contributed by atoms with Crippen molar-refractivity contribution in [3.63, 3.8) is 0 Å². The van der Waals surface area contributed by atoms with Crippen LogP contribution in [0.5, 0.6) is 0 Å². The molecule has 0 saturated carbocycles. The Labute approximate surface area is 146 Å². The SMILES string of the molecule is [C-]#[N+]c1ccc(C(=O)OCC(=O)NC2CCCc3ccccc32)cc1. The number of rotatable bonds is 4. The van der Waals surface area contributed by atoms with E-state index in [0.717, 1.165) is 24.8 Å². The van der Waals surface area contributed by atoms with Crippen LogP contribution in [0.2, 0.25) is 0 Å². The molecule has 1 unspecified atom stereocenters. The lowest BCUT2D eigenvalue weighted by Gasteiger charge is -2.26. The number of ether oxygens (including phenoxy) is 1.